The largest absolute Gasteiger partial charge is 0.479 e. The smallest absolute Gasteiger partial charge is 0.238 e. The molecule has 4 rings (SSSR count). The fourth-order valence-electron chi connectivity index (χ4n) is 3.51. The van der Waals surface area contributed by atoms with E-state index in [0.717, 1.165) is 28.9 Å². The quantitative estimate of drug-likeness (QED) is 0.440. The Kier molecular flexibility index (Phi) is 6.11. The van der Waals surface area contributed by atoms with Crippen molar-refractivity contribution in [2.24, 2.45) is 0 Å². The van der Waals surface area contributed by atoms with Crippen molar-refractivity contribution in [2.45, 2.75) is 33.2 Å². The minimum Gasteiger partial charge on any atom is -0.479 e. The van der Waals surface area contributed by atoms with Gasteiger partial charge in [0.15, 0.2) is 5.82 Å². The van der Waals surface area contributed by atoms with E-state index in [9.17, 15) is 4.39 Å². The Morgan fingerprint density at radius 1 is 1.06 bits per heavy atom. The van der Waals surface area contributed by atoms with Gasteiger partial charge in [0.05, 0.1) is 30.9 Å². The SMILES string of the molecule is CC[C@H](Nc1nnc(-c2ccc(-n3cnc(C)c3)c(OC)n2)cc1C)c1ccc(F)cc1. The molecule has 0 saturated carbocycles. The van der Waals surface area contributed by atoms with E-state index >= 15 is 0 Å². The molecule has 0 unspecified atom stereocenters. The van der Waals surface area contributed by atoms with Crippen LogP contribution in [0.2, 0.25) is 0 Å². The van der Waals surface area contributed by atoms with Gasteiger partial charge in [0.25, 0.3) is 0 Å². The van der Waals surface area contributed by atoms with E-state index in [0.29, 0.717) is 23.1 Å². The maximum absolute atomic E-state index is 13.3. The average molecular weight is 433 g/mol. The Bertz CT molecular complexity index is 1220. The number of halogens is 1. The molecule has 8 heteroatoms. The highest BCUT2D eigenvalue weighted by Crippen LogP contribution is 2.28. The van der Waals surface area contributed by atoms with Gasteiger partial charge in [0.2, 0.25) is 5.88 Å². The molecular weight excluding hydrogens is 407 g/mol. The van der Waals surface area contributed by atoms with Crippen LogP contribution >= 0.6 is 0 Å². The lowest BCUT2D eigenvalue weighted by Crippen LogP contribution is -2.12. The summed E-state index contributed by atoms with van der Waals surface area (Å²) < 4.78 is 20.6. The average Bonchev–Trinajstić information content (AvgIpc) is 3.24. The second-order valence-electron chi connectivity index (χ2n) is 7.57. The van der Waals surface area contributed by atoms with Gasteiger partial charge in [-0.15, -0.1) is 10.2 Å². The summed E-state index contributed by atoms with van der Waals surface area (Å²) in [7, 11) is 1.59. The molecule has 164 valence electrons. The van der Waals surface area contributed by atoms with E-state index in [1.54, 1.807) is 25.6 Å². The Labute approximate surface area is 186 Å². The molecule has 0 spiro atoms. The van der Waals surface area contributed by atoms with E-state index in [2.05, 4.69) is 32.4 Å². The first-order valence-electron chi connectivity index (χ1n) is 10.4. The molecule has 0 saturated heterocycles. The lowest BCUT2D eigenvalue weighted by molar-refractivity contribution is 0.396. The molecule has 7 nitrogen and oxygen atoms in total. The third-order valence-electron chi connectivity index (χ3n) is 5.26. The standard InChI is InChI=1S/C24H25FN6O/c1-5-19(17-6-8-18(25)9-7-17)27-23-15(2)12-21(29-30-23)20-10-11-22(24(28-20)32-4)31-13-16(3)26-14-31/h6-14,19H,5H2,1-4H3,(H,27,30)/t19-/m0/s1. The minimum absolute atomic E-state index is 0.00518. The molecule has 1 aromatic carbocycles. The van der Waals surface area contributed by atoms with Crippen molar-refractivity contribution in [1.29, 1.82) is 0 Å². The number of imidazole rings is 1. The summed E-state index contributed by atoms with van der Waals surface area (Å²) in [5.41, 5.74) is 4.95. The molecule has 3 aromatic heterocycles. The van der Waals surface area contributed by atoms with Crippen LogP contribution in [0.15, 0.2) is 55.0 Å². The van der Waals surface area contributed by atoms with E-state index < -0.39 is 0 Å². The van der Waals surface area contributed by atoms with Gasteiger partial charge in [0.1, 0.15) is 17.2 Å². The van der Waals surface area contributed by atoms with Crippen LogP contribution in [0.5, 0.6) is 5.88 Å². The molecule has 0 bridgehead atoms. The van der Waals surface area contributed by atoms with Crippen molar-refractivity contribution >= 4 is 5.82 Å². The number of hydrogen-bond acceptors (Lipinski definition) is 6. The number of pyridine rings is 1. The zero-order chi connectivity index (χ0) is 22.7. The van der Waals surface area contributed by atoms with Crippen LogP contribution in [0.25, 0.3) is 17.1 Å². The van der Waals surface area contributed by atoms with E-state index in [1.807, 2.05) is 42.8 Å². The van der Waals surface area contributed by atoms with E-state index in [-0.39, 0.29) is 11.9 Å². The lowest BCUT2D eigenvalue weighted by atomic mass is 10.0. The molecule has 0 aliphatic carbocycles. The Morgan fingerprint density at radius 3 is 2.47 bits per heavy atom. The third kappa shape index (κ3) is 4.44. The maximum atomic E-state index is 13.3. The number of aromatic nitrogens is 5. The van der Waals surface area contributed by atoms with Crippen molar-refractivity contribution < 1.29 is 9.13 Å². The molecule has 4 aromatic rings. The number of nitrogens with zero attached hydrogens (tertiary/aromatic N) is 5. The monoisotopic (exact) mass is 432 g/mol. The van der Waals surface area contributed by atoms with Crippen LogP contribution in [0.4, 0.5) is 10.2 Å². The number of benzene rings is 1. The zero-order valence-corrected chi connectivity index (χ0v) is 18.5. The van der Waals surface area contributed by atoms with Gasteiger partial charge in [-0.3, -0.25) is 0 Å². The normalized spacial score (nSPS) is 11.9. The van der Waals surface area contributed by atoms with Crippen LogP contribution < -0.4 is 10.1 Å². The summed E-state index contributed by atoms with van der Waals surface area (Å²) in [6.07, 6.45) is 4.46. The van der Waals surface area contributed by atoms with Crippen molar-refractivity contribution in [3.05, 3.63) is 77.6 Å². The van der Waals surface area contributed by atoms with Gasteiger partial charge in [0, 0.05) is 6.20 Å². The van der Waals surface area contributed by atoms with Gasteiger partial charge in [-0.1, -0.05) is 19.1 Å². The lowest BCUT2D eigenvalue weighted by Gasteiger charge is -2.19. The maximum Gasteiger partial charge on any atom is 0.238 e. The number of hydrogen-bond donors (Lipinski definition) is 1. The number of methoxy groups -OCH3 is 1. The second-order valence-corrected chi connectivity index (χ2v) is 7.57. The van der Waals surface area contributed by atoms with Gasteiger partial charge in [-0.05, 0) is 61.7 Å². The number of rotatable bonds is 7. The molecule has 0 aliphatic rings. The van der Waals surface area contributed by atoms with Gasteiger partial charge in [-0.2, -0.15) is 0 Å². The van der Waals surface area contributed by atoms with Crippen LogP contribution in [-0.4, -0.2) is 31.8 Å². The number of aryl methyl sites for hydroxylation is 2. The number of anilines is 1. The summed E-state index contributed by atoms with van der Waals surface area (Å²) in [6, 6.07) is 12.3. The van der Waals surface area contributed by atoms with E-state index in [4.69, 9.17) is 4.74 Å². The predicted octanol–water partition coefficient (Wildman–Crippen LogP) is 5.05. The van der Waals surface area contributed by atoms with Crippen LogP contribution in [0, 0.1) is 19.7 Å². The molecule has 0 fully saturated rings. The molecule has 32 heavy (non-hydrogen) atoms. The van der Waals surface area contributed by atoms with Crippen molar-refractivity contribution in [2.75, 3.05) is 12.4 Å². The van der Waals surface area contributed by atoms with Gasteiger partial charge >= 0.3 is 0 Å². The van der Waals surface area contributed by atoms with Crippen molar-refractivity contribution in [3.63, 3.8) is 0 Å². The first kappa shape index (κ1) is 21.4. The first-order valence-corrected chi connectivity index (χ1v) is 10.4. The highest BCUT2D eigenvalue weighted by atomic mass is 19.1. The minimum atomic E-state index is -0.249. The molecular formula is C24H25FN6O. The Morgan fingerprint density at radius 2 is 1.84 bits per heavy atom. The molecule has 3 heterocycles. The van der Waals surface area contributed by atoms with Gasteiger partial charge < -0.3 is 14.6 Å². The second kappa shape index (κ2) is 9.13. The van der Waals surface area contributed by atoms with Crippen molar-refractivity contribution in [1.82, 2.24) is 24.7 Å². The Hall–Kier alpha value is -3.81. The summed E-state index contributed by atoms with van der Waals surface area (Å²) in [4.78, 5) is 8.88. The van der Waals surface area contributed by atoms with Crippen LogP contribution in [-0.2, 0) is 0 Å². The third-order valence-corrected chi connectivity index (χ3v) is 5.26. The molecule has 1 atom stereocenters. The van der Waals surface area contributed by atoms with E-state index in [1.165, 1.54) is 12.1 Å². The highest BCUT2D eigenvalue weighted by molar-refractivity contribution is 5.61. The molecule has 0 radical (unpaired) electrons. The predicted molar refractivity (Wildman–Crippen MR) is 121 cm³/mol. The van der Waals surface area contributed by atoms with Crippen LogP contribution in [0.1, 0.15) is 36.2 Å². The fourth-order valence-corrected chi connectivity index (χ4v) is 3.51. The molecule has 0 amide bonds. The van der Waals surface area contributed by atoms with Crippen LogP contribution in [0.3, 0.4) is 0 Å². The summed E-state index contributed by atoms with van der Waals surface area (Å²) >= 11 is 0. The van der Waals surface area contributed by atoms with Crippen molar-refractivity contribution in [3.8, 4) is 23.0 Å². The number of ether oxygens (including phenoxy) is 1. The fraction of sp³-hybridized carbons (Fsp3) is 0.250. The topological polar surface area (TPSA) is 77.8 Å². The molecule has 0 aliphatic heterocycles. The zero-order valence-electron chi connectivity index (χ0n) is 18.5. The summed E-state index contributed by atoms with van der Waals surface area (Å²) in [5, 5.41) is 12.2. The summed E-state index contributed by atoms with van der Waals surface area (Å²) in [6.45, 7) is 5.97. The number of nitrogens with one attached hydrogen (secondary N) is 1. The summed E-state index contributed by atoms with van der Waals surface area (Å²) in [5.74, 6) is 0.910. The van der Waals surface area contributed by atoms with Gasteiger partial charge in [-0.25, -0.2) is 14.4 Å². The highest BCUT2D eigenvalue weighted by Gasteiger charge is 2.15. The molecule has 1 N–H and O–H groups in total. The first-order chi connectivity index (χ1) is 15.5. The Balaban J connectivity index is 1.59.